The molecule has 0 spiro atoms. The van der Waals surface area contributed by atoms with E-state index in [-0.39, 0.29) is 17.7 Å². The van der Waals surface area contributed by atoms with E-state index in [1.165, 1.54) is 5.56 Å². The smallest absolute Gasteiger partial charge is 0.333 e. The molecule has 21 heavy (non-hydrogen) atoms. The molecular formula is C18H24O3. The molecule has 0 bridgehead atoms. The van der Waals surface area contributed by atoms with Gasteiger partial charge in [-0.1, -0.05) is 12.1 Å². The van der Waals surface area contributed by atoms with Gasteiger partial charge in [0.2, 0.25) is 0 Å². The van der Waals surface area contributed by atoms with Crippen LogP contribution in [0.2, 0.25) is 0 Å². The van der Waals surface area contributed by atoms with Gasteiger partial charge in [-0.2, -0.15) is 0 Å². The van der Waals surface area contributed by atoms with E-state index in [2.05, 4.69) is 19.9 Å². The number of rotatable bonds is 3. The van der Waals surface area contributed by atoms with Crippen molar-refractivity contribution < 1.29 is 14.3 Å². The van der Waals surface area contributed by atoms with E-state index in [9.17, 15) is 4.79 Å². The Balaban J connectivity index is 2.14. The molecule has 114 valence electrons. The van der Waals surface area contributed by atoms with Crippen molar-refractivity contribution in [3.05, 3.63) is 41.0 Å². The number of carbonyl (C=O) groups is 1. The third kappa shape index (κ3) is 3.66. The van der Waals surface area contributed by atoms with Gasteiger partial charge in [-0.05, 0) is 70.7 Å². The van der Waals surface area contributed by atoms with Crippen LogP contribution in [0.4, 0.5) is 0 Å². The summed E-state index contributed by atoms with van der Waals surface area (Å²) in [7, 11) is 0. The number of esters is 1. The summed E-state index contributed by atoms with van der Waals surface area (Å²) >= 11 is 0. The Morgan fingerprint density at radius 1 is 1.43 bits per heavy atom. The van der Waals surface area contributed by atoms with Gasteiger partial charge in [0.05, 0.1) is 0 Å². The molecule has 1 heterocycles. The summed E-state index contributed by atoms with van der Waals surface area (Å²) in [4.78, 5) is 11.8. The first-order chi connectivity index (χ1) is 9.82. The summed E-state index contributed by atoms with van der Waals surface area (Å²) in [5.41, 5.74) is 2.73. The first-order valence-electron chi connectivity index (χ1n) is 7.48. The van der Waals surface area contributed by atoms with Gasteiger partial charge in [-0.3, -0.25) is 0 Å². The SMILES string of the molecule is CC=C(C)C(=O)OC(C)c1ccc2c(c1)CCC(C)(C)O2. The summed E-state index contributed by atoms with van der Waals surface area (Å²) in [6, 6.07) is 6.05. The molecule has 0 aliphatic carbocycles. The summed E-state index contributed by atoms with van der Waals surface area (Å²) < 4.78 is 11.4. The maximum absolute atomic E-state index is 11.8. The molecule has 1 aliphatic heterocycles. The van der Waals surface area contributed by atoms with Gasteiger partial charge in [0.25, 0.3) is 0 Å². The first kappa shape index (κ1) is 15.6. The Labute approximate surface area is 127 Å². The van der Waals surface area contributed by atoms with Crippen LogP contribution in [-0.2, 0) is 16.0 Å². The summed E-state index contributed by atoms with van der Waals surface area (Å²) in [6.07, 6.45) is 3.49. The van der Waals surface area contributed by atoms with Gasteiger partial charge in [-0.15, -0.1) is 0 Å². The normalized spacial score (nSPS) is 18.4. The second-order valence-electron chi connectivity index (χ2n) is 6.25. The Hall–Kier alpha value is -1.77. The zero-order valence-corrected chi connectivity index (χ0v) is 13.5. The van der Waals surface area contributed by atoms with Crippen molar-refractivity contribution >= 4 is 5.97 Å². The van der Waals surface area contributed by atoms with Gasteiger partial charge in [-0.25, -0.2) is 4.79 Å². The lowest BCUT2D eigenvalue weighted by Gasteiger charge is -2.33. The second-order valence-corrected chi connectivity index (χ2v) is 6.25. The summed E-state index contributed by atoms with van der Waals surface area (Å²) in [6.45, 7) is 9.70. The van der Waals surface area contributed by atoms with Crippen LogP contribution in [0.3, 0.4) is 0 Å². The highest BCUT2D eigenvalue weighted by Gasteiger charge is 2.27. The molecule has 1 aromatic carbocycles. The zero-order valence-electron chi connectivity index (χ0n) is 13.5. The van der Waals surface area contributed by atoms with Crippen LogP contribution in [0, 0.1) is 0 Å². The number of hydrogen-bond acceptors (Lipinski definition) is 3. The van der Waals surface area contributed by atoms with Gasteiger partial charge in [0.1, 0.15) is 17.5 Å². The fraction of sp³-hybridized carbons (Fsp3) is 0.500. The van der Waals surface area contributed by atoms with Crippen LogP contribution in [0.1, 0.15) is 58.3 Å². The maximum Gasteiger partial charge on any atom is 0.333 e. The molecule has 0 fully saturated rings. The molecule has 2 rings (SSSR count). The van der Waals surface area contributed by atoms with Crippen LogP contribution in [-0.4, -0.2) is 11.6 Å². The summed E-state index contributed by atoms with van der Waals surface area (Å²) in [5, 5.41) is 0. The quantitative estimate of drug-likeness (QED) is 0.612. The van der Waals surface area contributed by atoms with E-state index in [0.717, 1.165) is 24.2 Å². The Bertz CT molecular complexity index is 570. The van der Waals surface area contributed by atoms with Crippen molar-refractivity contribution in [2.24, 2.45) is 0 Å². The van der Waals surface area contributed by atoms with Gasteiger partial charge >= 0.3 is 5.97 Å². The molecule has 3 nitrogen and oxygen atoms in total. The molecule has 0 saturated carbocycles. The molecule has 0 amide bonds. The molecular weight excluding hydrogens is 264 g/mol. The maximum atomic E-state index is 11.8. The molecule has 0 N–H and O–H groups in total. The van der Waals surface area contributed by atoms with Crippen molar-refractivity contribution in [1.82, 2.24) is 0 Å². The molecule has 1 aliphatic rings. The third-order valence-electron chi connectivity index (χ3n) is 3.98. The van der Waals surface area contributed by atoms with E-state index >= 15 is 0 Å². The van der Waals surface area contributed by atoms with E-state index < -0.39 is 0 Å². The Morgan fingerprint density at radius 3 is 2.81 bits per heavy atom. The second kappa shape index (κ2) is 5.92. The minimum atomic E-state index is -0.264. The van der Waals surface area contributed by atoms with Crippen molar-refractivity contribution in [2.45, 2.75) is 59.2 Å². The number of fused-ring (bicyclic) bond motifs is 1. The average Bonchev–Trinajstić information content (AvgIpc) is 2.44. The van der Waals surface area contributed by atoms with Crippen LogP contribution >= 0.6 is 0 Å². The first-order valence-corrected chi connectivity index (χ1v) is 7.48. The molecule has 1 aromatic rings. The number of aryl methyl sites for hydroxylation is 1. The standard InChI is InChI=1S/C18H24O3/c1-6-12(2)17(19)20-13(3)14-7-8-16-15(11-14)9-10-18(4,5)21-16/h6-8,11,13H,9-10H2,1-5H3. The average molecular weight is 288 g/mol. The fourth-order valence-corrected chi connectivity index (χ4v) is 2.37. The minimum Gasteiger partial charge on any atom is -0.488 e. The molecule has 0 aromatic heterocycles. The topological polar surface area (TPSA) is 35.5 Å². The zero-order chi connectivity index (χ0) is 15.6. The highest BCUT2D eigenvalue weighted by atomic mass is 16.5. The van der Waals surface area contributed by atoms with Crippen molar-refractivity contribution in [1.29, 1.82) is 0 Å². The number of hydrogen-bond donors (Lipinski definition) is 0. The third-order valence-corrected chi connectivity index (χ3v) is 3.98. The van der Waals surface area contributed by atoms with Gasteiger partial charge in [0, 0.05) is 5.57 Å². The van der Waals surface area contributed by atoms with E-state index in [1.54, 1.807) is 13.0 Å². The predicted molar refractivity (Wildman–Crippen MR) is 83.4 cm³/mol. The van der Waals surface area contributed by atoms with Crippen molar-refractivity contribution in [3.63, 3.8) is 0 Å². The van der Waals surface area contributed by atoms with Gasteiger partial charge in [0.15, 0.2) is 0 Å². The molecule has 0 radical (unpaired) electrons. The van der Waals surface area contributed by atoms with Crippen molar-refractivity contribution in [2.75, 3.05) is 0 Å². The molecule has 0 saturated heterocycles. The molecule has 3 heteroatoms. The predicted octanol–water partition coefficient (Wildman–Crippen LogP) is 4.36. The van der Waals surface area contributed by atoms with Gasteiger partial charge < -0.3 is 9.47 Å². The van der Waals surface area contributed by atoms with E-state index in [1.807, 2.05) is 26.0 Å². The largest absolute Gasteiger partial charge is 0.488 e. The van der Waals surface area contributed by atoms with Crippen molar-refractivity contribution in [3.8, 4) is 5.75 Å². The number of benzene rings is 1. The molecule has 1 atom stereocenters. The number of allylic oxidation sites excluding steroid dienone is 1. The fourth-order valence-electron chi connectivity index (χ4n) is 2.37. The number of ether oxygens (including phenoxy) is 2. The highest BCUT2D eigenvalue weighted by molar-refractivity contribution is 5.87. The monoisotopic (exact) mass is 288 g/mol. The highest BCUT2D eigenvalue weighted by Crippen LogP contribution is 2.35. The van der Waals surface area contributed by atoms with E-state index in [0.29, 0.717) is 5.57 Å². The van der Waals surface area contributed by atoms with Crippen LogP contribution in [0.15, 0.2) is 29.8 Å². The summed E-state index contributed by atoms with van der Waals surface area (Å²) in [5.74, 6) is 0.679. The van der Waals surface area contributed by atoms with Crippen LogP contribution in [0.25, 0.3) is 0 Å². The Kier molecular flexibility index (Phi) is 4.40. The Morgan fingerprint density at radius 2 is 2.14 bits per heavy atom. The van der Waals surface area contributed by atoms with Crippen LogP contribution < -0.4 is 4.74 Å². The minimum absolute atomic E-state index is 0.102. The lowest BCUT2D eigenvalue weighted by molar-refractivity contribution is -0.143. The lowest BCUT2D eigenvalue weighted by atomic mass is 9.93. The van der Waals surface area contributed by atoms with E-state index in [4.69, 9.17) is 9.47 Å². The lowest BCUT2D eigenvalue weighted by Crippen LogP contribution is -2.32. The van der Waals surface area contributed by atoms with Crippen LogP contribution in [0.5, 0.6) is 5.75 Å². The number of carbonyl (C=O) groups excluding carboxylic acids is 1. The molecule has 1 unspecified atom stereocenters.